The summed E-state index contributed by atoms with van der Waals surface area (Å²) in [4.78, 5) is 0.0638. The van der Waals surface area contributed by atoms with Gasteiger partial charge in [0, 0.05) is 35.2 Å². The van der Waals surface area contributed by atoms with Crippen LogP contribution >= 0.6 is 23.2 Å². The molecular formula is C19H23Cl2N3O3S. The molecule has 1 atom stereocenters. The highest BCUT2D eigenvalue weighted by atomic mass is 35.5. The first-order valence-corrected chi connectivity index (χ1v) is 11.2. The van der Waals surface area contributed by atoms with E-state index in [9.17, 15) is 8.42 Å². The first kappa shape index (κ1) is 21.4. The molecule has 0 aliphatic carbocycles. The Morgan fingerprint density at radius 2 is 1.71 bits per heavy atom. The molecule has 0 radical (unpaired) electrons. The monoisotopic (exact) mass is 443 g/mol. The van der Waals surface area contributed by atoms with Gasteiger partial charge in [0.25, 0.3) is 0 Å². The van der Waals surface area contributed by atoms with Crippen molar-refractivity contribution in [1.82, 2.24) is 4.31 Å². The van der Waals surface area contributed by atoms with Crippen molar-refractivity contribution in [2.75, 3.05) is 13.1 Å². The minimum absolute atomic E-state index is 0.0196. The van der Waals surface area contributed by atoms with Gasteiger partial charge in [-0.3, -0.25) is 0 Å². The molecule has 6 nitrogen and oxygen atoms in total. The third-order valence-corrected chi connectivity index (χ3v) is 7.03. The molecule has 152 valence electrons. The Morgan fingerprint density at radius 1 is 1.11 bits per heavy atom. The van der Waals surface area contributed by atoms with Crippen LogP contribution in [0.3, 0.4) is 0 Å². The summed E-state index contributed by atoms with van der Waals surface area (Å²) in [5.74, 6) is 0.542. The average Bonchev–Trinajstić information content (AvgIpc) is 2.61. The van der Waals surface area contributed by atoms with Crippen molar-refractivity contribution in [3.8, 4) is 11.5 Å². The maximum atomic E-state index is 13.3. The SMILES string of the molecule is CC(N)c1ccc(Oc2cc(Cl)cc(Cl)c2)c(S(=O)(=O)N2CCC(N)CC2)c1. The van der Waals surface area contributed by atoms with Gasteiger partial charge in [-0.2, -0.15) is 4.31 Å². The number of rotatable bonds is 5. The van der Waals surface area contributed by atoms with E-state index < -0.39 is 10.0 Å². The molecule has 1 fully saturated rings. The molecule has 0 saturated carbocycles. The number of hydrogen-bond acceptors (Lipinski definition) is 5. The first-order chi connectivity index (χ1) is 13.2. The second kappa shape index (κ2) is 8.57. The zero-order chi connectivity index (χ0) is 20.5. The molecule has 28 heavy (non-hydrogen) atoms. The van der Waals surface area contributed by atoms with Crippen LogP contribution in [0.15, 0.2) is 41.3 Å². The lowest BCUT2D eigenvalue weighted by atomic mass is 10.1. The van der Waals surface area contributed by atoms with Gasteiger partial charge in [-0.05, 0) is 55.7 Å². The van der Waals surface area contributed by atoms with Crippen LogP contribution in [0.25, 0.3) is 0 Å². The average molecular weight is 444 g/mol. The molecule has 3 rings (SSSR count). The topological polar surface area (TPSA) is 98.6 Å². The van der Waals surface area contributed by atoms with Crippen LogP contribution in [0.4, 0.5) is 0 Å². The zero-order valence-corrected chi connectivity index (χ0v) is 17.8. The Morgan fingerprint density at radius 3 is 2.29 bits per heavy atom. The number of halogens is 2. The minimum atomic E-state index is -3.78. The number of ether oxygens (including phenoxy) is 1. The van der Waals surface area contributed by atoms with Crippen molar-refractivity contribution >= 4 is 33.2 Å². The van der Waals surface area contributed by atoms with Crippen LogP contribution in [0.5, 0.6) is 11.5 Å². The number of nitrogens with zero attached hydrogens (tertiary/aromatic N) is 1. The molecule has 1 aliphatic heterocycles. The number of benzene rings is 2. The summed E-state index contributed by atoms with van der Waals surface area (Å²) < 4.78 is 34.0. The summed E-state index contributed by atoms with van der Waals surface area (Å²) >= 11 is 12.1. The van der Waals surface area contributed by atoms with E-state index in [0.717, 1.165) is 0 Å². The fourth-order valence-electron chi connectivity index (χ4n) is 3.06. The van der Waals surface area contributed by atoms with Gasteiger partial charge in [0.2, 0.25) is 10.0 Å². The molecule has 0 bridgehead atoms. The van der Waals surface area contributed by atoms with E-state index in [4.69, 9.17) is 39.4 Å². The molecule has 9 heteroatoms. The number of sulfonamides is 1. The van der Waals surface area contributed by atoms with Crippen LogP contribution in [0.1, 0.15) is 31.4 Å². The van der Waals surface area contributed by atoms with Crippen molar-refractivity contribution in [3.63, 3.8) is 0 Å². The normalized spacial score (nSPS) is 17.5. The summed E-state index contributed by atoms with van der Waals surface area (Å²) in [5, 5.41) is 0.785. The maximum absolute atomic E-state index is 13.3. The molecule has 0 spiro atoms. The zero-order valence-electron chi connectivity index (χ0n) is 15.4. The molecule has 1 saturated heterocycles. The molecule has 1 heterocycles. The van der Waals surface area contributed by atoms with Crippen LogP contribution < -0.4 is 16.2 Å². The second-order valence-electron chi connectivity index (χ2n) is 6.94. The molecule has 4 N–H and O–H groups in total. The van der Waals surface area contributed by atoms with Gasteiger partial charge in [-0.15, -0.1) is 0 Å². The molecule has 0 aromatic heterocycles. The highest BCUT2D eigenvalue weighted by Gasteiger charge is 2.31. The van der Waals surface area contributed by atoms with Crippen LogP contribution in [0, 0.1) is 0 Å². The Bertz CT molecular complexity index is 939. The van der Waals surface area contributed by atoms with Crippen molar-refractivity contribution in [3.05, 3.63) is 52.0 Å². The predicted molar refractivity (Wildman–Crippen MR) is 112 cm³/mol. The van der Waals surface area contributed by atoms with Gasteiger partial charge >= 0.3 is 0 Å². The molecule has 1 unspecified atom stereocenters. The van der Waals surface area contributed by atoms with Gasteiger partial charge in [0.05, 0.1) is 0 Å². The van der Waals surface area contributed by atoms with Crippen LogP contribution in [-0.2, 0) is 10.0 Å². The van der Waals surface area contributed by atoms with E-state index in [-0.39, 0.29) is 22.7 Å². The standard InChI is InChI=1S/C19H23Cl2N3O3S/c1-12(22)13-2-3-18(27-17-10-14(20)9-15(21)11-17)19(8-13)28(25,26)24-6-4-16(23)5-7-24/h2-3,8-12,16H,4-7,22-23H2,1H3. The van der Waals surface area contributed by atoms with Crippen molar-refractivity contribution in [2.24, 2.45) is 11.5 Å². The fraction of sp³-hybridized carbons (Fsp3) is 0.368. The first-order valence-electron chi connectivity index (χ1n) is 8.96. The summed E-state index contributed by atoms with van der Waals surface area (Å²) in [7, 11) is -3.78. The molecule has 0 amide bonds. The minimum Gasteiger partial charge on any atom is -0.456 e. The number of hydrogen-bond donors (Lipinski definition) is 2. The van der Waals surface area contributed by atoms with Crippen molar-refractivity contribution in [2.45, 2.75) is 36.7 Å². The molecular weight excluding hydrogens is 421 g/mol. The van der Waals surface area contributed by atoms with Gasteiger partial charge in [-0.25, -0.2) is 8.42 Å². The highest BCUT2D eigenvalue weighted by Crippen LogP contribution is 2.35. The van der Waals surface area contributed by atoms with E-state index in [1.165, 1.54) is 4.31 Å². The van der Waals surface area contributed by atoms with Crippen molar-refractivity contribution in [1.29, 1.82) is 0 Å². The fourth-order valence-corrected chi connectivity index (χ4v) is 5.19. The largest absolute Gasteiger partial charge is 0.456 e. The smallest absolute Gasteiger partial charge is 0.246 e. The third-order valence-electron chi connectivity index (χ3n) is 4.67. The highest BCUT2D eigenvalue weighted by molar-refractivity contribution is 7.89. The third kappa shape index (κ3) is 4.79. The summed E-state index contributed by atoms with van der Waals surface area (Å²) in [6.07, 6.45) is 1.23. The maximum Gasteiger partial charge on any atom is 0.246 e. The Labute approximate surface area is 175 Å². The van der Waals surface area contributed by atoms with E-state index in [1.54, 1.807) is 43.3 Å². The summed E-state index contributed by atoms with van der Waals surface area (Å²) in [6, 6.07) is 9.34. The Balaban J connectivity index is 2.03. The van der Waals surface area contributed by atoms with Crippen LogP contribution in [0.2, 0.25) is 10.0 Å². The lowest BCUT2D eigenvalue weighted by molar-refractivity contribution is 0.319. The number of piperidine rings is 1. The molecule has 2 aromatic rings. The lowest BCUT2D eigenvalue weighted by Crippen LogP contribution is -2.42. The van der Waals surface area contributed by atoms with Gasteiger partial charge in [0.15, 0.2) is 0 Å². The summed E-state index contributed by atoms with van der Waals surface area (Å²) in [6.45, 7) is 2.53. The predicted octanol–water partition coefficient (Wildman–Crippen LogP) is 3.92. The summed E-state index contributed by atoms with van der Waals surface area (Å²) in [5.41, 5.74) is 12.6. The second-order valence-corrected chi connectivity index (χ2v) is 9.72. The quantitative estimate of drug-likeness (QED) is 0.729. The van der Waals surface area contributed by atoms with Crippen molar-refractivity contribution < 1.29 is 13.2 Å². The Kier molecular flexibility index (Phi) is 6.54. The van der Waals surface area contributed by atoms with E-state index >= 15 is 0 Å². The van der Waals surface area contributed by atoms with E-state index in [2.05, 4.69) is 0 Å². The Hall–Kier alpha value is -1.35. The van der Waals surface area contributed by atoms with Gasteiger partial charge in [0.1, 0.15) is 16.4 Å². The van der Waals surface area contributed by atoms with Gasteiger partial charge < -0.3 is 16.2 Å². The van der Waals surface area contributed by atoms with Gasteiger partial charge in [-0.1, -0.05) is 29.3 Å². The molecule has 1 aliphatic rings. The molecule has 2 aromatic carbocycles. The number of nitrogens with two attached hydrogens (primary N) is 2. The lowest BCUT2D eigenvalue weighted by Gasteiger charge is -2.30. The van der Waals surface area contributed by atoms with E-state index in [0.29, 0.717) is 47.3 Å². The van der Waals surface area contributed by atoms with Crippen LogP contribution in [-0.4, -0.2) is 31.9 Å². The van der Waals surface area contributed by atoms with E-state index in [1.807, 2.05) is 0 Å².